The highest BCUT2D eigenvalue weighted by Crippen LogP contribution is 2.25. The molecule has 0 spiro atoms. The Morgan fingerprint density at radius 3 is 2.25 bits per heavy atom. The lowest BCUT2D eigenvalue weighted by atomic mass is 9.91. The monoisotopic (exact) mass is 224 g/mol. The Labute approximate surface area is 94.5 Å². The Balaban J connectivity index is 2.92. The van der Waals surface area contributed by atoms with Crippen LogP contribution in [0.5, 0.6) is 0 Å². The number of benzene rings is 1. The van der Waals surface area contributed by atoms with E-state index >= 15 is 0 Å². The van der Waals surface area contributed by atoms with Crippen molar-refractivity contribution >= 4 is 5.97 Å². The molecule has 4 nitrogen and oxygen atoms in total. The average molecular weight is 224 g/mol. The molecule has 2 N–H and O–H groups in total. The van der Waals surface area contributed by atoms with E-state index < -0.39 is 24.1 Å². The molecule has 0 unspecified atom stereocenters. The molecule has 0 amide bonds. The van der Waals surface area contributed by atoms with Crippen LogP contribution in [0.3, 0.4) is 0 Å². The van der Waals surface area contributed by atoms with Crippen molar-refractivity contribution < 1.29 is 19.7 Å². The van der Waals surface area contributed by atoms with E-state index in [1.165, 1.54) is 14.0 Å². The van der Waals surface area contributed by atoms with Crippen molar-refractivity contribution in [3.05, 3.63) is 35.9 Å². The van der Waals surface area contributed by atoms with E-state index in [9.17, 15) is 15.0 Å². The van der Waals surface area contributed by atoms with Crippen molar-refractivity contribution in [2.75, 3.05) is 7.11 Å². The first kappa shape index (κ1) is 12.7. The molecule has 0 saturated heterocycles. The van der Waals surface area contributed by atoms with Gasteiger partial charge >= 0.3 is 5.97 Å². The maximum atomic E-state index is 11.4. The average Bonchev–Trinajstić information content (AvgIpc) is 2.29. The van der Waals surface area contributed by atoms with Crippen LogP contribution in [-0.4, -0.2) is 29.4 Å². The highest BCUT2D eigenvalue weighted by Gasteiger charge is 2.32. The smallest absolute Gasteiger partial charge is 0.314 e. The van der Waals surface area contributed by atoms with Gasteiger partial charge in [-0.1, -0.05) is 30.3 Å². The number of methoxy groups -OCH3 is 1. The Kier molecular flexibility index (Phi) is 4.46. The second-order valence-electron chi connectivity index (χ2n) is 3.65. The molecule has 16 heavy (non-hydrogen) atoms. The topological polar surface area (TPSA) is 66.8 Å². The van der Waals surface area contributed by atoms with Gasteiger partial charge in [0.05, 0.1) is 19.3 Å². The van der Waals surface area contributed by atoms with Gasteiger partial charge in [0.2, 0.25) is 0 Å². The van der Waals surface area contributed by atoms with Crippen LogP contribution in [0.25, 0.3) is 0 Å². The highest BCUT2D eigenvalue weighted by molar-refractivity contribution is 5.73. The zero-order valence-electron chi connectivity index (χ0n) is 9.33. The summed E-state index contributed by atoms with van der Waals surface area (Å²) in [6, 6.07) is 8.72. The van der Waals surface area contributed by atoms with Gasteiger partial charge in [-0.05, 0) is 12.5 Å². The fraction of sp³-hybridized carbons (Fsp3) is 0.417. The van der Waals surface area contributed by atoms with Gasteiger partial charge in [-0.3, -0.25) is 4.79 Å². The first-order valence-corrected chi connectivity index (χ1v) is 5.06. The first-order valence-electron chi connectivity index (χ1n) is 5.06. The van der Waals surface area contributed by atoms with Crippen LogP contribution in [0, 0.1) is 5.92 Å². The minimum absolute atomic E-state index is 0.582. The predicted molar refractivity (Wildman–Crippen MR) is 58.6 cm³/mol. The molecule has 0 bridgehead atoms. The lowest BCUT2D eigenvalue weighted by molar-refractivity contribution is -0.154. The van der Waals surface area contributed by atoms with Crippen molar-refractivity contribution in [3.8, 4) is 0 Å². The summed E-state index contributed by atoms with van der Waals surface area (Å²) in [6.07, 6.45) is -2.03. The molecule has 0 aliphatic heterocycles. The molecule has 0 saturated carbocycles. The van der Waals surface area contributed by atoms with Crippen molar-refractivity contribution in [1.29, 1.82) is 0 Å². The Morgan fingerprint density at radius 2 is 1.81 bits per heavy atom. The Bertz CT molecular complexity index is 334. The largest absolute Gasteiger partial charge is 0.469 e. The lowest BCUT2D eigenvalue weighted by Crippen LogP contribution is -2.32. The second kappa shape index (κ2) is 5.63. The SMILES string of the molecule is COC(=O)[C@H]([C@@H](C)O)[C@@H](O)c1ccccc1. The Morgan fingerprint density at radius 1 is 1.25 bits per heavy atom. The summed E-state index contributed by atoms with van der Waals surface area (Å²) < 4.78 is 4.56. The van der Waals surface area contributed by atoms with Gasteiger partial charge in [0.25, 0.3) is 0 Å². The number of carbonyl (C=O) groups excluding carboxylic acids is 1. The molecule has 88 valence electrons. The van der Waals surface area contributed by atoms with Crippen LogP contribution in [0.4, 0.5) is 0 Å². The van der Waals surface area contributed by atoms with Gasteiger partial charge in [-0.25, -0.2) is 0 Å². The van der Waals surface area contributed by atoms with Crippen molar-refractivity contribution in [2.24, 2.45) is 5.92 Å². The molecular weight excluding hydrogens is 208 g/mol. The van der Waals surface area contributed by atoms with Crippen LogP contribution in [0.2, 0.25) is 0 Å². The zero-order chi connectivity index (χ0) is 12.1. The van der Waals surface area contributed by atoms with E-state index in [1.54, 1.807) is 24.3 Å². The third-order valence-electron chi connectivity index (χ3n) is 2.47. The summed E-state index contributed by atoms with van der Waals surface area (Å²) in [5.74, 6) is -1.58. The third-order valence-corrected chi connectivity index (χ3v) is 2.47. The van der Waals surface area contributed by atoms with Gasteiger partial charge in [-0.2, -0.15) is 0 Å². The maximum absolute atomic E-state index is 11.4. The number of aliphatic hydroxyl groups is 2. The van der Waals surface area contributed by atoms with Crippen LogP contribution in [0.15, 0.2) is 30.3 Å². The molecule has 1 aromatic rings. The van der Waals surface area contributed by atoms with Gasteiger partial charge < -0.3 is 14.9 Å². The molecule has 4 heteroatoms. The first-order chi connectivity index (χ1) is 7.57. The zero-order valence-corrected chi connectivity index (χ0v) is 9.33. The number of carbonyl (C=O) groups is 1. The summed E-state index contributed by atoms with van der Waals surface area (Å²) in [4.78, 5) is 11.4. The third kappa shape index (κ3) is 2.81. The predicted octanol–water partition coefficient (Wildman–Crippen LogP) is 0.890. The fourth-order valence-corrected chi connectivity index (χ4v) is 1.58. The summed E-state index contributed by atoms with van der Waals surface area (Å²) in [6.45, 7) is 1.45. The molecule has 1 aromatic carbocycles. The molecule has 0 heterocycles. The lowest BCUT2D eigenvalue weighted by Gasteiger charge is -2.23. The van der Waals surface area contributed by atoms with E-state index in [-0.39, 0.29) is 0 Å². The normalized spacial score (nSPS) is 16.2. The maximum Gasteiger partial charge on any atom is 0.314 e. The van der Waals surface area contributed by atoms with Crippen molar-refractivity contribution in [3.63, 3.8) is 0 Å². The second-order valence-corrected chi connectivity index (χ2v) is 3.65. The number of hydrogen-bond acceptors (Lipinski definition) is 4. The highest BCUT2D eigenvalue weighted by atomic mass is 16.5. The molecular formula is C12H16O4. The van der Waals surface area contributed by atoms with Crippen LogP contribution in [0.1, 0.15) is 18.6 Å². The summed E-state index contributed by atoms with van der Waals surface area (Å²) in [5.41, 5.74) is 0.582. The molecule has 0 aliphatic rings. The molecule has 0 aliphatic carbocycles. The van der Waals surface area contributed by atoms with E-state index in [2.05, 4.69) is 4.74 Å². The standard InChI is InChI=1S/C12H16O4/c1-8(13)10(12(15)16-2)11(14)9-6-4-3-5-7-9/h3-8,10-11,13-14H,1-2H3/t8-,10-,11+/m1/s1. The summed E-state index contributed by atoms with van der Waals surface area (Å²) in [7, 11) is 1.23. The van der Waals surface area contributed by atoms with E-state index in [1.807, 2.05) is 6.07 Å². The quantitative estimate of drug-likeness (QED) is 0.745. The van der Waals surface area contributed by atoms with E-state index in [0.717, 1.165) is 0 Å². The van der Waals surface area contributed by atoms with Crippen LogP contribution in [-0.2, 0) is 9.53 Å². The van der Waals surface area contributed by atoms with Crippen LogP contribution >= 0.6 is 0 Å². The van der Waals surface area contributed by atoms with Crippen LogP contribution < -0.4 is 0 Å². The minimum atomic E-state index is -1.06. The van der Waals surface area contributed by atoms with E-state index in [0.29, 0.717) is 5.56 Å². The molecule has 0 radical (unpaired) electrons. The molecule has 3 atom stereocenters. The van der Waals surface area contributed by atoms with Crippen molar-refractivity contribution in [2.45, 2.75) is 19.1 Å². The Hall–Kier alpha value is -1.39. The number of aliphatic hydroxyl groups excluding tert-OH is 2. The number of hydrogen-bond donors (Lipinski definition) is 2. The van der Waals surface area contributed by atoms with Gasteiger partial charge in [-0.15, -0.1) is 0 Å². The minimum Gasteiger partial charge on any atom is -0.469 e. The molecule has 0 fully saturated rings. The summed E-state index contributed by atoms with van der Waals surface area (Å²) in [5, 5.41) is 19.5. The molecule has 0 aromatic heterocycles. The fourth-order valence-electron chi connectivity index (χ4n) is 1.58. The number of rotatable bonds is 4. The van der Waals surface area contributed by atoms with Crippen molar-refractivity contribution in [1.82, 2.24) is 0 Å². The number of esters is 1. The van der Waals surface area contributed by atoms with Gasteiger partial charge in [0.1, 0.15) is 5.92 Å². The number of ether oxygens (including phenoxy) is 1. The van der Waals surface area contributed by atoms with E-state index in [4.69, 9.17) is 0 Å². The molecule has 1 rings (SSSR count). The summed E-state index contributed by atoms with van der Waals surface area (Å²) >= 11 is 0. The van der Waals surface area contributed by atoms with Gasteiger partial charge in [0.15, 0.2) is 0 Å². The van der Waals surface area contributed by atoms with Gasteiger partial charge in [0, 0.05) is 0 Å².